The van der Waals surface area contributed by atoms with Crippen LogP contribution in [0.2, 0.25) is 0 Å². The quantitative estimate of drug-likeness (QED) is 0.374. The second-order valence-corrected chi connectivity index (χ2v) is 6.30. The molecule has 0 N–H and O–H groups in total. The summed E-state index contributed by atoms with van der Waals surface area (Å²) < 4.78 is 2.79. The van der Waals surface area contributed by atoms with Gasteiger partial charge in [-0.2, -0.15) is 0 Å². The van der Waals surface area contributed by atoms with Crippen LogP contribution in [0.15, 0.2) is 48.5 Å². The minimum Gasteiger partial charge on any atom is -0.135 e. The van der Waals surface area contributed by atoms with Crippen molar-refractivity contribution in [2.24, 2.45) is 0 Å². The van der Waals surface area contributed by atoms with Crippen LogP contribution in [0, 0.1) is 13.8 Å². The molecule has 92 valence electrons. The number of rotatable bonds is 0. The Morgan fingerprint density at radius 1 is 0.737 bits per heavy atom. The molecule has 4 aromatic rings. The number of benzene rings is 3. The smallest absolute Gasteiger partial charge is 0.0364 e. The fourth-order valence-corrected chi connectivity index (χ4v) is 4.24. The van der Waals surface area contributed by atoms with Crippen molar-refractivity contribution in [3.8, 4) is 0 Å². The zero-order valence-corrected chi connectivity index (χ0v) is 11.8. The molecule has 0 saturated carbocycles. The summed E-state index contributed by atoms with van der Waals surface area (Å²) in [5, 5.41) is 5.56. The van der Waals surface area contributed by atoms with Gasteiger partial charge >= 0.3 is 0 Å². The monoisotopic (exact) mass is 262 g/mol. The first-order chi connectivity index (χ1) is 9.24. The first kappa shape index (κ1) is 11.0. The highest BCUT2D eigenvalue weighted by molar-refractivity contribution is 7.26. The number of thiophene rings is 1. The molecule has 0 saturated heterocycles. The van der Waals surface area contributed by atoms with E-state index in [0.29, 0.717) is 0 Å². The average Bonchev–Trinajstić information content (AvgIpc) is 2.76. The standard InChI is InChI=1S/C18H14S/c1-11-7-8-15-16(9-11)19-17-10-12(2)13-5-3-4-6-14(13)18(15)17/h3-10H,1-2H3. The number of hydrogen-bond donors (Lipinski definition) is 0. The van der Waals surface area contributed by atoms with E-state index in [1.807, 2.05) is 11.3 Å². The molecule has 0 aliphatic heterocycles. The molecule has 0 amide bonds. The zero-order chi connectivity index (χ0) is 13.0. The van der Waals surface area contributed by atoms with E-state index in [1.54, 1.807) is 0 Å². The summed E-state index contributed by atoms with van der Waals surface area (Å²) in [5.41, 5.74) is 2.70. The van der Waals surface area contributed by atoms with E-state index in [9.17, 15) is 0 Å². The molecular weight excluding hydrogens is 248 g/mol. The highest BCUT2D eigenvalue weighted by Gasteiger charge is 2.10. The summed E-state index contributed by atoms with van der Waals surface area (Å²) in [5.74, 6) is 0. The van der Waals surface area contributed by atoms with Gasteiger partial charge in [0.25, 0.3) is 0 Å². The van der Waals surface area contributed by atoms with Gasteiger partial charge in [-0.25, -0.2) is 0 Å². The second-order valence-electron chi connectivity index (χ2n) is 5.21. The number of aryl methyl sites for hydroxylation is 2. The van der Waals surface area contributed by atoms with Gasteiger partial charge in [0.1, 0.15) is 0 Å². The summed E-state index contributed by atoms with van der Waals surface area (Å²) in [7, 11) is 0. The number of fused-ring (bicyclic) bond motifs is 5. The van der Waals surface area contributed by atoms with Gasteiger partial charge in [-0.1, -0.05) is 36.4 Å². The Labute approximate surface area is 116 Å². The predicted molar refractivity (Wildman–Crippen MR) is 86.3 cm³/mol. The van der Waals surface area contributed by atoms with Crippen molar-refractivity contribution < 1.29 is 0 Å². The maximum atomic E-state index is 2.33. The van der Waals surface area contributed by atoms with E-state index in [4.69, 9.17) is 0 Å². The molecule has 1 heterocycles. The second kappa shape index (κ2) is 3.82. The van der Waals surface area contributed by atoms with E-state index in [1.165, 1.54) is 42.1 Å². The van der Waals surface area contributed by atoms with Crippen molar-refractivity contribution in [3.63, 3.8) is 0 Å². The van der Waals surface area contributed by atoms with Gasteiger partial charge in [-0.15, -0.1) is 11.3 Å². The lowest BCUT2D eigenvalue weighted by Gasteiger charge is -2.04. The molecule has 0 aliphatic carbocycles. The first-order valence-electron chi connectivity index (χ1n) is 6.55. The van der Waals surface area contributed by atoms with E-state index >= 15 is 0 Å². The van der Waals surface area contributed by atoms with Crippen LogP contribution in [0.25, 0.3) is 30.9 Å². The van der Waals surface area contributed by atoms with Crippen molar-refractivity contribution in [2.75, 3.05) is 0 Å². The van der Waals surface area contributed by atoms with Crippen LogP contribution >= 0.6 is 11.3 Å². The van der Waals surface area contributed by atoms with E-state index in [2.05, 4.69) is 62.4 Å². The third kappa shape index (κ3) is 1.52. The van der Waals surface area contributed by atoms with Crippen molar-refractivity contribution in [1.29, 1.82) is 0 Å². The molecule has 4 rings (SSSR count). The Morgan fingerprint density at radius 3 is 2.37 bits per heavy atom. The molecule has 1 heteroatoms. The summed E-state index contributed by atoms with van der Waals surface area (Å²) in [6.07, 6.45) is 0. The molecule has 0 nitrogen and oxygen atoms in total. The van der Waals surface area contributed by atoms with Gasteiger partial charge in [-0.05, 0) is 47.9 Å². The van der Waals surface area contributed by atoms with Gasteiger partial charge in [0.2, 0.25) is 0 Å². The molecule has 19 heavy (non-hydrogen) atoms. The van der Waals surface area contributed by atoms with Gasteiger partial charge in [0.15, 0.2) is 0 Å². The van der Waals surface area contributed by atoms with Crippen LogP contribution in [0.5, 0.6) is 0 Å². The van der Waals surface area contributed by atoms with Crippen molar-refractivity contribution in [3.05, 3.63) is 59.7 Å². The van der Waals surface area contributed by atoms with Crippen LogP contribution in [0.1, 0.15) is 11.1 Å². The summed E-state index contributed by atoms with van der Waals surface area (Å²) in [4.78, 5) is 0. The highest BCUT2D eigenvalue weighted by atomic mass is 32.1. The predicted octanol–water partition coefficient (Wildman–Crippen LogP) is 5.82. The Bertz CT molecular complexity index is 929. The van der Waals surface area contributed by atoms with Crippen LogP contribution in [-0.4, -0.2) is 0 Å². The topological polar surface area (TPSA) is 0 Å². The maximum absolute atomic E-state index is 2.33. The molecule has 0 atom stereocenters. The summed E-state index contributed by atoms with van der Waals surface area (Å²) in [6.45, 7) is 4.37. The fourth-order valence-electron chi connectivity index (χ4n) is 2.92. The molecule has 3 aromatic carbocycles. The molecule has 0 radical (unpaired) electrons. The largest absolute Gasteiger partial charge is 0.135 e. The summed E-state index contributed by atoms with van der Waals surface area (Å²) >= 11 is 1.90. The molecule has 0 fully saturated rings. The minimum absolute atomic E-state index is 1.33. The van der Waals surface area contributed by atoms with Crippen molar-refractivity contribution in [1.82, 2.24) is 0 Å². The highest BCUT2D eigenvalue weighted by Crippen LogP contribution is 2.39. The fraction of sp³-hybridized carbons (Fsp3) is 0.111. The van der Waals surface area contributed by atoms with Gasteiger partial charge in [0.05, 0.1) is 0 Å². The van der Waals surface area contributed by atoms with Crippen molar-refractivity contribution in [2.45, 2.75) is 13.8 Å². The Balaban J connectivity index is 2.34. The van der Waals surface area contributed by atoms with E-state index in [-0.39, 0.29) is 0 Å². The lowest BCUT2D eigenvalue weighted by molar-refractivity contribution is 1.52. The van der Waals surface area contributed by atoms with Gasteiger partial charge in [0, 0.05) is 20.2 Å². The maximum Gasteiger partial charge on any atom is 0.0364 e. The van der Waals surface area contributed by atoms with Crippen LogP contribution in [0.3, 0.4) is 0 Å². The minimum atomic E-state index is 1.33. The van der Waals surface area contributed by atoms with E-state index < -0.39 is 0 Å². The molecule has 0 unspecified atom stereocenters. The lowest BCUT2D eigenvalue weighted by Crippen LogP contribution is -1.79. The molecule has 0 spiro atoms. The van der Waals surface area contributed by atoms with E-state index in [0.717, 1.165) is 0 Å². The Morgan fingerprint density at radius 2 is 1.53 bits per heavy atom. The molecule has 0 aliphatic rings. The van der Waals surface area contributed by atoms with Crippen LogP contribution in [0.4, 0.5) is 0 Å². The summed E-state index contributed by atoms with van der Waals surface area (Å²) in [6, 6.07) is 17.8. The molecular formula is C18H14S. The van der Waals surface area contributed by atoms with Crippen LogP contribution in [-0.2, 0) is 0 Å². The average molecular weight is 262 g/mol. The normalized spacial score (nSPS) is 11.7. The zero-order valence-electron chi connectivity index (χ0n) is 11.0. The third-order valence-electron chi connectivity index (χ3n) is 3.84. The van der Waals surface area contributed by atoms with Crippen LogP contribution < -0.4 is 0 Å². The van der Waals surface area contributed by atoms with Gasteiger partial charge in [-0.3, -0.25) is 0 Å². The third-order valence-corrected chi connectivity index (χ3v) is 4.94. The Hall–Kier alpha value is -1.86. The Kier molecular flexibility index (Phi) is 2.21. The lowest BCUT2D eigenvalue weighted by atomic mass is 10.00. The van der Waals surface area contributed by atoms with Crippen molar-refractivity contribution >= 4 is 42.3 Å². The SMILES string of the molecule is Cc1ccc2c(c1)sc1cc(C)c3ccccc3c12. The molecule has 0 bridgehead atoms. The first-order valence-corrected chi connectivity index (χ1v) is 7.37. The van der Waals surface area contributed by atoms with Gasteiger partial charge < -0.3 is 0 Å². The number of hydrogen-bond acceptors (Lipinski definition) is 1. The molecule has 1 aromatic heterocycles.